The maximum absolute atomic E-state index is 13.3. The van der Waals surface area contributed by atoms with Crippen LogP contribution in [-0.2, 0) is 0 Å². The Hall–Kier alpha value is -2.53. The molecular formula is C22H26N2O3. The lowest BCUT2D eigenvalue weighted by atomic mass is 10.1. The molecule has 27 heavy (non-hydrogen) atoms. The van der Waals surface area contributed by atoms with Crippen LogP contribution < -0.4 is 4.74 Å². The van der Waals surface area contributed by atoms with Gasteiger partial charge < -0.3 is 19.6 Å². The van der Waals surface area contributed by atoms with Gasteiger partial charge in [-0.15, -0.1) is 0 Å². The summed E-state index contributed by atoms with van der Waals surface area (Å²) < 4.78 is 5.85. The molecule has 4 rings (SSSR count). The molecule has 2 saturated heterocycles. The summed E-state index contributed by atoms with van der Waals surface area (Å²) in [6.45, 7) is 5.13. The molecule has 0 aromatic heterocycles. The van der Waals surface area contributed by atoms with E-state index < -0.39 is 0 Å². The Morgan fingerprint density at radius 1 is 1.07 bits per heavy atom. The monoisotopic (exact) mass is 366 g/mol. The molecule has 2 aliphatic rings. The van der Waals surface area contributed by atoms with Crippen molar-refractivity contribution in [2.24, 2.45) is 0 Å². The molecule has 2 aliphatic heterocycles. The number of benzene rings is 2. The van der Waals surface area contributed by atoms with E-state index >= 15 is 0 Å². The SMILES string of the molecule is CCN1CCC2CCC(C1)N2C(=O)c1cc(Oc2ccccc2)ccc1O. The van der Waals surface area contributed by atoms with Gasteiger partial charge in [-0.05, 0) is 56.1 Å². The van der Waals surface area contributed by atoms with Gasteiger partial charge in [0.2, 0.25) is 0 Å². The maximum atomic E-state index is 13.3. The number of phenols is 1. The van der Waals surface area contributed by atoms with Crippen molar-refractivity contribution in [1.82, 2.24) is 9.80 Å². The topological polar surface area (TPSA) is 53.0 Å². The maximum Gasteiger partial charge on any atom is 0.258 e. The molecule has 2 aromatic carbocycles. The molecule has 1 amide bonds. The van der Waals surface area contributed by atoms with Crippen molar-refractivity contribution in [1.29, 1.82) is 0 Å². The number of amides is 1. The lowest BCUT2D eigenvalue weighted by molar-refractivity contribution is 0.0668. The fourth-order valence-electron chi connectivity index (χ4n) is 4.28. The van der Waals surface area contributed by atoms with Crippen molar-refractivity contribution in [3.05, 3.63) is 54.1 Å². The van der Waals surface area contributed by atoms with Crippen LogP contribution in [0.4, 0.5) is 0 Å². The summed E-state index contributed by atoms with van der Waals surface area (Å²) >= 11 is 0. The molecule has 2 fully saturated rings. The highest BCUT2D eigenvalue weighted by molar-refractivity contribution is 5.98. The van der Waals surface area contributed by atoms with Gasteiger partial charge in [0.25, 0.3) is 5.91 Å². The van der Waals surface area contributed by atoms with Crippen molar-refractivity contribution in [2.45, 2.75) is 38.3 Å². The Bertz CT molecular complexity index is 808. The number of likely N-dealkylation sites (N-methyl/N-ethyl adjacent to an activating group) is 1. The van der Waals surface area contributed by atoms with E-state index in [1.54, 1.807) is 18.2 Å². The highest BCUT2D eigenvalue weighted by atomic mass is 16.5. The molecule has 5 heteroatoms. The number of likely N-dealkylation sites (tertiary alicyclic amines) is 1. The summed E-state index contributed by atoms with van der Waals surface area (Å²) in [4.78, 5) is 17.8. The second-order valence-corrected chi connectivity index (χ2v) is 7.37. The first-order valence-electron chi connectivity index (χ1n) is 9.76. The lowest BCUT2D eigenvalue weighted by Crippen LogP contribution is -2.43. The van der Waals surface area contributed by atoms with Gasteiger partial charge in [-0.25, -0.2) is 0 Å². The predicted molar refractivity (Wildman–Crippen MR) is 104 cm³/mol. The fourth-order valence-corrected chi connectivity index (χ4v) is 4.28. The number of carbonyl (C=O) groups is 1. The largest absolute Gasteiger partial charge is 0.507 e. The van der Waals surface area contributed by atoms with E-state index in [0.29, 0.717) is 17.1 Å². The van der Waals surface area contributed by atoms with Crippen molar-refractivity contribution in [3.8, 4) is 17.2 Å². The minimum atomic E-state index is -0.0866. The Balaban J connectivity index is 1.59. The third-order valence-corrected chi connectivity index (χ3v) is 5.73. The molecule has 1 N–H and O–H groups in total. The number of phenolic OH excluding ortho intramolecular Hbond substituents is 1. The Morgan fingerprint density at radius 2 is 1.85 bits per heavy atom. The number of para-hydroxylation sites is 1. The molecule has 2 atom stereocenters. The van der Waals surface area contributed by atoms with Crippen LogP contribution in [0, 0.1) is 0 Å². The van der Waals surface area contributed by atoms with Crippen molar-refractivity contribution in [2.75, 3.05) is 19.6 Å². The lowest BCUT2D eigenvalue weighted by Gasteiger charge is -2.29. The number of ether oxygens (including phenoxy) is 1. The van der Waals surface area contributed by atoms with Gasteiger partial charge in [-0.1, -0.05) is 25.1 Å². The normalized spacial score (nSPS) is 22.5. The second kappa shape index (κ2) is 7.61. The van der Waals surface area contributed by atoms with Gasteiger partial charge in [0.1, 0.15) is 17.2 Å². The second-order valence-electron chi connectivity index (χ2n) is 7.37. The highest BCUT2D eigenvalue weighted by Crippen LogP contribution is 2.34. The first kappa shape index (κ1) is 17.9. The molecule has 0 spiro atoms. The minimum Gasteiger partial charge on any atom is -0.507 e. The van der Waals surface area contributed by atoms with Gasteiger partial charge in [-0.2, -0.15) is 0 Å². The van der Waals surface area contributed by atoms with Gasteiger partial charge in [0, 0.05) is 25.2 Å². The number of hydrogen-bond acceptors (Lipinski definition) is 4. The molecule has 2 bridgehead atoms. The molecule has 0 saturated carbocycles. The Morgan fingerprint density at radius 3 is 2.63 bits per heavy atom. The van der Waals surface area contributed by atoms with E-state index in [1.165, 1.54) is 0 Å². The zero-order valence-corrected chi connectivity index (χ0v) is 15.7. The summed E-state index contributed by atoms with van der Waals surface area (Å²) in [5.74, 6) is 1.18. The number of fused-ring (bicyclic) bond motifs is 2. The van der Waals surface area contributed by atoms with Crippen LogP contribution in [0.2, 0.25) is 0 Å². The summed E-state index contributed by atoms with van der Waals surface area (Å²) in [5.41, 5.74) is 0.324. The number of hydrogen-bond donors (Lipinski definition) is 1. The summed E-state index contributed by atoms with van der Waals surface area (Å²) in [5, 5.41) is 10.4. The summed E-state index contributed by atoms with van der Waals surface area (Å²) in [7, 11) is 0. The zero-order chi connectivity index (χ0) is 18.8. The summed E-state index contributed by atoms with van der Waals surface area (Å²) in [6, 6.07) is 14.8. The standard InChI is InChI=1S/C22H26N2O3/c1-2-23-13-12-16-8-9-17(15-23)24(16)22(26)20-14-19(10-11-21(20)25)27-18-6-4-3-5-7-18/h3-7,10-11,14,16-17,25H,2,8-9,12-13,15H2,1H3. The van der Waals surface area contributed by atoms with Crippen molar-refractivity contribution in [3.63, 3.8) is 0 Å². The Labute approximate surface area is 160 Å². The molecule has 5 nitrogen and oxygen atoms in total. The first-order chi connectivity index (χ1) is 13.2. The van der Waals surface area contributed by atoms with Crippen LogP contribution in [0.3, 0.4) is 0 Å². The molecule has 2 heterocycles. The van der Waals surface area contributed by atoms with Gasteiger partial charge in [-0.3, -0.25) is 4.79 Å². The molecule has 2 unspecified atom stereocenters. The Kier molecular flexibility index (Phi) is 5.03. The minimum absolute atomic E-state index is 0.0106. The number of rotatable bonds is 4. The molecule has 2 aromatic rings. The number of nitrogens with zero attached hydrogens (tertiary/aromatic N) is 2. The van der Waals surface area contributed by atoms with E-state index in [4.69, 9.17) is 4.74 Å². The third kappa shape index (κ3) is 3.65. The first-order valence-corrected chi connectivity index (χ1v) is 9.76. The van der Waals surface area contributed by atoms with Crippen molar-refractivity contribution < 1.29 is 14.6 Å². The van der Waals surface area contributed by atoms with Crippen LogP contribution in [0.25, 0.3) is 0 Å². The highest BCUT2D eigenvalue weighted by Gasteiger charge is 2.40. The van der Waals surface area contributed by atoms with Crippen LogP contribution in [0.15, 0.2) is 48.5 Å². The van der Waals surface area contributed by atoms with E-state index in [9.17, 15) is 9.90 Å². The summed E-state index contributed by atoms with van der Waals surface area (Å²) in [6.07, 6.45) is 3.08. The molecule has 0 aliphatic carbocycles. The van der Waals surface area contributed by atoms with Crippen molar-refractivity contribution >= 4 is 5.91 Å². The van der Waals surface area contributed by atoms with Gasteiger partial charge >= 0.3 is 0 Å². The van der Waals surface area contributed by atoms with E-state index in [-0.39, 0.29) is 23.7 Å². The van der Waals surface area contributed by atoms with Crippen LogP contribution in [-0.4, -0.2) is 52.5 Å². The fraction of sp³-hybridized carbons (Fsp3) is 0.409. The van der Waals surface area contributed by atoms with Crippen LogP contribution >= 0.6 is 0 Å². The smallest absolute Gasteiger partial charge is 0.258 e. The number of carbonyl (C=O) groups excluding carboxylic acids is 1. The van der Waals surface area contributed by atoms with E-state index in [2.05, 4.69) is 11.8 Å². The van der Waals surface area contributed by atoms with E-state index in [0.717, 1.165) is 38.9 Å². The van der Waals surface area contributed by atoms with Gasteiger partial charge in [0.15, 0.2) is 0 Å². The average Bonchev–Trinajstić information content (AvgIpc) is 2.98. The van der Waals surface area contributed by atoms with Gasteiger partial charge in [0.05, 0.1) is 5.56 Å². The van der Waals surface area contributed by atoms with E-state index in [1.807, 2.05) is 35.2 Å². The van der Waals surface area contributed by atoms with Crippen LogP contribution in [0.1, 0.15) is 36.5 Å². The molecule has 142 valence electrons. The zero-order valence-electron chi connectivity index (χ0n) is 15.7. The molecular weight excluding hydrogens is 340 g/mol. The van der Waals surface area contributed by atoms with Crippen LogP contribution in [0.5, 0.6) is 17.2 Å². The average molecular weight is 366 g/mol. The number of aromatic hydroxyl groups is 1. The molecule has 0 radical (unpaired) electrons. The third-order valence-electron chi connectivity index (χ3n) is 5.73. The predicted octanol–water partition coefficient (Wildman–Crippen LogP) is 3.88. The quantitative estimate of drug-likeness (QED) is 0.892.